The van der Waals surface area contributed by atoms with Gasteiger partial charge in [-0.2, -0.15) is 0 Å². The fourth-order valence-corrected chi connectivity index (χ4v) is 7.46. The molecule has 2 aliphatic rings. The molecule has 2 aromatic heterocycles. The van der Waals surface area contributed by atoms with E-state index in [1.54, 1.807) is 0 Å². The summed E-state index contributed by atoms with van der Waals surface area (Å²) in [6.45, 7) is 4.02. The Morgan fingerprint density at radius 1 is 0.792 bits per heavy atom. The van der Waals surface area contributed by atoms with E-state index in [1.807, 2.05) is 0 Å². The van der Waals surface area contributed by atoms with Crippen molar-refractivity contribution >= 4 is 29.6 Å². The lowest BCUT2D eigenvalue weighted by Crippen LogP contribution is -2.34. The van der Waals surface area contributed by atoms with Gasteiger partial charge < -0.3 is 23.5 Å². The molecule has 0 bridgehead atoms. The molecular formula is C31H37N4O16PS. The standard InChI is InChI=1S/C31H37N4O16PS/c1-16-12-34(30(40)32-28(16)38)26-10-22(47-18(3)36)24(49-26)14-45-52(42,51-20-6-8-21(9-7-20)53(5,43)44)46-15-25-23(48-19(4)37)11-27(50-25)35-13-17(2)29(39)33-31(35)41/h6-9,12-13,22-27H,10-11,14-15H2,1-5H3,(H,32,38,40)(H,33,39,41)/t22-,23-,24+,25+,26+,27+/m0/s1. The molecule has 2 fully saturated rings. The van der Waals surface area contributed by atoms with E-state index >= 15 is 0 Å². The topological polar surface area (TPSA) is 260 Å². The number of aromatic amines is 2. The van der Waals surface area contributed by atoms with Crippen LogP contribution in [0.4, 0.5) is 0 Å². The summed E-state index contributed by atoms with van der Waals surface area (Å²) in [6, 6.07) is 4.82. The Morgan fingerprint density at radius 3 is 1.58 bits per heavy atom. The molecule has 2 saturated heterocycles. The molecule has 53 heavy (non-hydrogen) atoms. The zero-order chi connectivity index (χ0) is 38.8. The van der Waals surface area contributed by atoms with Gasteiger partial charge in [0.2, 0.25) is 0 Å². The van der Waals surface area contributed by atoms with E-state index in [4.69, 9.17) is 32.5 Å². The van der Waals surface area contributed by atoms with Crippen LogP contribution in [0.25, 0.3) is 0 Å². The van der Waals surface area contributed by atoms with Gasteiger partial charge in [0.05, 0.1) is 18.1 Å². The third kappa shape index (κ3) is 9.67. The fraction of sp³-hybridized carbons (Fsp3) is 0.484. The summed E-state index contributed by atoms with van der Waals surface area (Å²) in [4.78, 5) is 77.2. The predicted molar refractivity (Wildman–Crippen MR) is 180 cm³/mol. The first-order chi connectivity index (χ1) is 24.8. The molecule has 288 valence electrons. The van der Waals surface area contributed by atoms with E-state index in [2.05, 4.69) is 9.97 Å². The second-order valence-electron chi connectivity index (χ2n) is 12.4. The van der Waals surface area contributed by atoms with Crippen LogP contribution in [0.2, 0.25) is 0 Å². The summed E-state index contributed by atoms with van der Waals surface area (Å²) in [5.41, 5.74) is -2.38. The van der Waals surface area contributed by atoms with Crippen molar-refractivity contribution in [2.45, 2.75) is 82.3 Å². The molecule has 2 N–H and O–H groups in total. The van der Waals surface area contributed by atoms with E-state index in [1.165, 1.54) is 50.5 Å². The molecule has 5 rings (SSSR count). The van der Waals surface area contributed by atoms with Crippen molar-refractivity contribution in [3.05, 3.63) is 89.5 Å². The molecule has 0 amide bonds. The highest BCUT2D eigenvalue weighted by Crippen LogP contribution is 2.51. The highest BCUT2D eigenvalue weighted by molar-refractivity contribution is 7.90. The van der Waals surface area contributed by atoms with Gasteiger partial charge in [0.25, 0.3) is 11.1 Å². The van der Waals surface area contributed by atoms with E-state index in [-0.39, 0.29) is 34.6 Å². The molecule has 20 nitrogen and oxygen atoms in total. The summed E-state index contributed by atoms with van der Waals surface area (Å²) in [5, 5.41) is 0. The lowest BCUT2D eigenvalue weighted by atomic mass is 10.2. The Kier molecular flexibility index (Phi) is 11.8. The number of phosphoric ester groups is 1. The Hall–Kier alpha value is -4.66. The molecule has 4 heterocycles. The van der Waals surface area contributed by atoms with Gasteiger partial charge in [0.1, 0.15) is 42.6 Å². The Balaban J connectivity index is 1.40. The van der Waals surface area contributed by atoms with Crippen molar-refractivity contribution in [3.8, 4) is 5.75 Å². The lowest BCUT2D eigenvalue weighted by Gasteiger charge is -2.24. The maximum Gasteiger partial charge on any atom is 0.530 e. The number of phosphoric acid groups is 1. The summed E-state index contributed by atoms with van der Waals surface area (Å²) >= 11 is 0. The number of rotatable bonds is 13. The van der Waals surface area contributed by atoms with Gasteiger partial charge in [-0.05, 0) is 38.1 Å². The van der Waals surface area contributed by atoms with Gasteiger partial charge in [0, 0.05) is 56.5 Å². The van der Waals surface area contributed by atoms with Gasteiger partial charge >= 0.3 is 31.1 Å². The van der Waals surface area contributed by atoms with Crippen molar-refractivity contribution < 1.29 is 55.1 Å². The summed E-state index contributed by atoms with van der Waals surface area (Å²) < 4.78 is 80.2. The third-order valence-electron chi connectivity index (χ3n) is 8.17. The van der Waals surface area contributed by atoms with Gasteiger partial charge in [0.15, 0.2) is 9.84 Å². The van der Waals surface area contributed by atoms with Crippen molar-refractivity contribution in [3.63, 3.8) is 0 Å². The second-order valence-corrected chi connectivity index (χ2v) is 16.0. The highest BCUT2D eigenvalue weighted by atomic mass is 32.2. The molecule has 1 aromatic carbocycles. The van der Waals surface area contributed by atoms with Gasteiger partial charge in [-0.1, -0.05) is 0 Å². The minimum Gasteiger partial charge on any atom is -0.460 e. The Bertz CT molecular complexity index is 2150. The quantitative estimate of drug-likeness (QED) is 0.179. The maximum absolute atomic E-state index is 14.3. The number of aromatic nitrogens is 4. The largest absolute Gasteiger partial charge is 0.530 e. The van der Waals surface area contributed by atoms with Crippen LogP contribution >= 0.6 is 7.82 Å². The van der Waals surface area contributed by atoms with Crippen LogP contribution in [-0.2, 0) is 52.0 Å². The number of esters is 2. The SMILES string of the molecule is CC(=O)O[C@H]1C[C@H](n2cc(C)c(=O)[nH]c2=O)O[C@@H]1COP(=O)(OC[C@H]1O[C@@H](n2cc(C)c(=O)[nH]c2=O)C[C@@H]1OC(C)=O)Oc1ccc(S(C)(=O)=O)cc1. The summed E-state index contributed by atoms with van der Waals surface area (Å²) in [5.74, 6) is -1.54. The lowest BCUT2D eigenvalue weighted by molar-refractivity contribution is -0.150. The van der Waals surface area contributed by atoms with Gasteiger partial charge in [-0.25, -0.2) is 22.6 Å². The minimum absolute atomic E-state index is 0.0637. The smallest absolute Gasteiger partial charge is 0.460 e. The first-order valence-electron chi connectivity index (χ1n) is 16.0. The molecule has 0 saturated carbocycles. The number of nitrogens with zero attached hydrogens (tertiary/aromatic N) is 2. The molecule has 22 heteroatoms. The second kappa shape index (κ2) is 15.7. The number of hydrogen-bond acceptors (Lipinski definition) is 16. The van der Waals surface area contributed by atoms with E-state index in [9.17, 15) is 41.8 Å². The molecule has 0 radical (unpaired) electrons. The summed E-state index contributed by atoms with van der Waals surface area (Å²) in [6.07, 6.45) is -3.08. The van der Waals surface area contributed by atoms with Crippen molar-refractivity contribution in [1.82, 2.24) is 19.1 Å². The van der Waals surface area contributed by atoms with Gasteiger partial charge in [-0.15, -0.1) is 0 Å². The molecule has 0 aliphatic carbocycles. The van der Waals surface area contributed by atoms with Crippen LogP contribution in [0.3, 0.4) is 0 Å². The summed E-state index contributed by atoms with van der Waals surface area (Å²) in [7, 11) is -8.38. The molecule has 6 atom stereocenters. The number of hydrogen-bond donors (Lipinski definition) is 2. The minimum atomic E-state index is -4.78. The Labute approximate surface area is 300 Å². The van der Waals surface area contributed by atoms with Crippen molar-refractivity contribution in [2.75, 3.05) is 19.5 Å². The molecule has 2 aliphatic heterocycles. The fourth-order valence-electron chi connectivity index (χ4n) is 5.61. The number of ether oxygens (including phenoxy) is 4. The highest BCUT2D eigenvalue weighted by Gasteiger charge is 2.44. The normalized spacial score (nSPS) is 23.1. The van der Waals surface area contributed by atoms with Crippen LogP contribution in [0.15, 0.2) is 60.7 Å². The van der Waals surface area contributed by atoms with Crippen LogP contribution < -0.4 is 27.0 Å². The molecular weight excluding hydrogens is 747 g/mol. The van der Waals surface area contributed by atoms with Crippen molar-refractivity contribution in [1.29, 1.82) is 0 Å². The number of nitrogens with one attached hydrogen (secondary N) is 2. The predicted octanol–water partition coefficient (Wildman–Crippen LogP) is 0.766. The number of carbonyl (C=O) groups is 2. The first-order valence-corrected chi connectivity index (χ1v) is 19.4. The van der Waals surface area contributed by atoms with E-state index < -0.39 is 102 Å². The zero-order valence-corrected chi connectivity index (χ0v) is 30.7. The Morgan fingerprint density at radius 2 is 1.21 bits per heavy atom. The molecule has 3 aromatic rings. The van der Waals surface area contributed by atoms with Crippen LogP contribution in [0.1, 0.15) is 50.3 Å². The van der Waals surface area contributed by atoms with E-state index in [0.717, 1.165) is 29.2 Å². The number of sulfone groups is 1. The van der Waals surface area contributed by atoms with Gasteiger partial charge in [-0.3, -0.25) is 47.3 Å². The van der Waals surface area contributed by atoms with E-state index in [0.29, 0.717) is 0 Å². The number of aryl methyl sites for hydroxylation is 2. The van der Waals surface area contributed by atoms with Crippen LogP contribution in [-0.4, -0.2) is 83.3 Å². The molecule has 0 unspecified atom stereocenters. The number of benzene rings is 1. The first kappa shape index (κ1) is 39.5. The number of H-pyrrole nitrogens is 2. The molecule has 0 spiro atoms. The monoisotopic (exact) mass is 784 g/mol. The zero-order valence-electron chi connectivity index (χ0n) is 29.0. The average Bonchev–Trinajstić information content (AvgIpc) is 3.65. The maximum atomic E-state index is 14.3. The average molecular weight is 785 g/mol. The van der Waals surface area contributed by atoms with Crippen molar-refractivity contribution in [2.24, 2.45) is 0 Å². The van der Waals surface area contributed by atoms with Crippen LogP contribution in [0.5, 0.6) is 5.75 Å². The van der Waals surface area contributed by atoms with Crippen LogP contribution in [0, 0.1) is 13.8 Å². The third-order valence-corrected chi connectivity index (χ3v) is 10.7. The number of carbonyl (C=O) groups excluding carboxylic acids is 2.